The molecule has 0 N–H and O–H groups in total. The number of esters is 1. The van der Waals surface area contributed by atoms with Crippen LogP contribution >= 0.6 is 8.25 Å². The molecule has 1 aliphatic heterocycles. The predicted molar refractivity (Wildman–Crippen MR) is 80.7 cm³/mol. The molecule has 3 rings (SSSR count). The summed E-state index contributed by atoms with van der Waals surface area (Å²) in [5, 5.41) is 0. The van der Waals surface area contributed by atoms with E-state index >= 15 is 0 Å². The molecule has 0 aromatic carbocycles. The second kappa shape index (κ2) is 5.36. The quantitative estimate of drug-likeness (QED) is 0.377. The average molecular weight is 499 g/mol. The van der Waals surface area contributed by atoms with Crippen molar-refractivity contribution >= 4 is 14.2 Å². The third kappa shape index (κ3) is 2.42. The first-order valence-corrected chi connectivity index (χ1v) is 18.5. The molecule has 116 valence electrons. The molecule has 0 spiro atoms. The molecule has 0 aromatic heterocycles. The maximum absolute atomic E-state index is 11.8. The Morgan fingerprint density at radius 1 is 1.10 bits per heavy atom. The van der Waals surface area contributed by atoms with Crippen LogP contribution < -0.4 is 0 Å². The van der Waals surface area contributed by atoms with Crippen molar-refractivity contribution in [2.75, 3.05) is 0 Å². The molecule has 0 bridgehead atoms. The van der Waals surface area contributed by atoms with Crippen LogP contribution in [0.2, 0.25) is 3.43 Å². The molecule has 2 aliphatic carbocycles. The molecule has 4 heteroatoms. The second-order valence-electron chi connectivity index (χ2n) is 8.69. The number of hydrogen-bond donors (Lipinski definition) is 0. The fourth-order valence-corrected chi connectivity index (χ4v) is 15.1. The van der Waals surface area contributed by atoms with Crippen LogP contribution in [0.1, 0.15) is 66.2 Å². The molecule has 0 amide bonds. The minimum atomic E-state index is -1.22. The Labute approximate surface area is 144 Å². The molecule has 1 heterocycles. The van der Waals surface area contributed by atoms with Gasteiger partial charge in [0.25, 0.3) is 0 Å². The number of rotatable bonds is 1. The molecule has 2 saturated carbocycles. The molecule has 3 fully saturated rings. The fourth-order valence-electron chi connectivity index (χ4n) is 6.19. The third-order valence-electron chi connectivity index (χ3n) is 7.41. The summed E-state index contributed by atoms with van der Waals surface area (Å²) in [6.07, 6.45) is 6.47. The molecular weight excluding hydrogens is 472 g/mol. The van der Waals surface area contributed by atoms with Crippen molar-refractivity contribution in [2.45, 2.75) is 75.2 Å². The fraction of sp³-hybridized carbons (Fsp3) is 0.941. The zero-order valence-electron chi connectivity index (χ0n) is 13.9. The van der Waals surface area contributed by atoms with E-state index < -0.39 is 23.3 Å². The van der Waals surface area contributed by atoms with Gasteiger partial charge < -0.3 is 0 Å². The first-order chi connectivity index (χ1) is 9.74. The van der Waals surface area contributed by atoms with Crippen LogP contribution in [0.25, 0.3) is 0 Å². The van der Waals surface area contributed by atoms with Crippen LogP contribution in [0, 0.1) is 22.7 Å². The van der Waals surface area contributed by atoms with Gasteiger partial charge >= 0.3 is 145 Å². The zero-order valence-corrected chi connectivity index (χ0v) is 20.1. The first-order valence-electron chi connectivity index (χ1n) is 8.52. The molecule has 0 radical (unpaired) electrons. The van der Waals surface area contributed by atoms with E-state index in [0.717, 1.165) is 22.2 Å². The van der Waals surface area contributed by atoms with Crippen molar-refractivity contribution in [2.24, 2.45) is 22.7 Å². The van der Waals surface area contributed by atoms with Gasteiger partial charge in [0.2, 0.25) is 0 Å². The van der Waals surface area contributed by atoms with Gasteiger partial charge in [-0.2, -0.15) is 0 Å². The van der Waals surface area contributed by atoms with Crippen molar-refractivity contribution < 1.29 is 32.9 Å². The third-order valence-corrected chi connectivity index (χ3v) is 17.8. The standard InChI is InChI=1S/C17H27O2.ClH.Hg/c1-15(2)9-5-10-16(3)12(15)8-11-17(4)13(16)6-7-14(18)19-17;;/h9,12-13H,5-8,10-11H2,1-4H3;1H;/q;;+1/p-1/t12-,13+,16-,17+;;/m0../s1. The Morgan fingerprint density at radius 2 is 1.81 bits per heavy atom. The molecule has 1 saturated heterocycles. The molecule has 21 heavy (non-hydrogen) atoms. The van der Waals surface area contributed by atoms with E-state index in [2.05, 4.69) is 27.7 Å². The Balaban J connectivity index is 1.95. The van der Waals surface area contributed by atoms with Gasteiger partial charge in [-0.1, -0.05) is 0 Å². The number of carbonyl (C=O) groups excluding carboxylic acids is 1. The van der Waals surface area contributed by atoms with E-state index in [4.69, 9.17) is 13.0 Å². The topological polar surface area (TPSA) is 26.3 Å². The summed E-state index contributed by atoms with van der Waals surface area (Å²) in [6.45, 7) is 9.62. The van der Waals surface area contributed by atoms with Crippen LogP contribution in [0.4, 0.5) is 0 Å². The van der Waals surface area contributed by atoms with E-state index in [-0.39, 0.29) is 11.6 Å². The van der Waals surface area contributed by atoms with E-state index in [9.17, 15) is 4.79 Å². The molecule has 0 aromatic rings. The Morgan fingerprint density at radius 3 is 2.48 bits per heavy atom. The van der Waals surface area contributed by atoms with E-state index in [1.807, 2.05) is 0 Å². The first kappa shape index (κ1) is 16.5. The van der Waals surface area contributed by atoms with Gasteiger partial charge in [0.15, 0.2) is 0 Å². The van der Waals surface area contributed by atoms with E-state index in [1.165, 1.54) is 19.3 Å². The Kier molecular flexibility index (Phi) is 4.23. The van der Waals surface area contributed by atoms with E-state index in [0.29, 0.717) is 23.2 Å². The second-order valence-corrected chi connectivity index (χ2v) is 16.4. The molecule has 2 nitrogen and oxygen atoms in total. The van der Waals surface area contributed by atoms with Crippen LogP contribution in [0.5, 0.6) is 0 Å². The average Bonchev–Trinajstić information content (AvgIpc) is 2.36. The minimum absolute atomic E-state index is 0.0151. The maximum atomic E-state index is 11.8. The van der Waals surface area contributed by atoms with Crippen LogP contribution in [-0.4, -0.2) is 11.6 Å². The number of halogens is 1. The van der Waals surface area contributed by atoms with Gasteiger partial charge in [-0.25, -0.2) is 0 Å². The normalized spacial score (nSPS) is 48.6. The number of ether oxygens (including phenoxy) is 1. The summed E-state index contributed by atoms with van der Waals surface area (Å²) in [5.74, 6) is 1.30. The van der Waals surface area contributed by atoms with E-state index in [1.54, 1.807) is 0 Å². The number of fused-ring (bicyclic) bond motifs is 3. The monoisotopic (exact) mass is 500 g/mol. The number of carbonyl (C=O) groups is 1. The van der Waals surface area contributed by atoms with Crippen molar-refractivity contribution in [3.63, 3.8) is 0 Å². The van der Waals surface area contributed by atoms with Crippen LogP contribution in [0.3, 0.4) is 0 Å². The molecule has 0 unspecified atom stereocenters. The van der Waals surface area contributed by atoms with Gasteiger partial charge in [0.1, 0.15) is 0 Å². The van der Waals surface area contributed by atoms with Gasteiger partial charge in [-0.05, 0) is 0 Å². The summed E-state index contributed by atoms with van der Waals surface area (Å²) in [6, 6.07) is 0. The summed E-state index contributed by atoms with van der Waals surface area (Å²) >= 11 is -1.22. The summed E-state index contributed by atoms with van der Waals surface area (Å²) in [5.41, 5.74) is 0.501. The summed E-state index contributed by atoms with van der Waals surface area (Å²) in [4.78, 5) is 11.8. The molecule has 5 atom stereocenters. The zero-order chi connectivity index (χ0) is 15.5. The van der Waals surface area contributed by atoms with Crippen molar-refractivity contribution in [1.29, 1.82) is 0 Å². The SMILES string of the molecule is CC1(C)[C@@H]([Hg][Cl])CC[C@]2(C)[C@H]3CCC(=O)O[C@]3(C)CC[C@@H]12. The van der Waals surface area contributed by atoms with Crippen LogP contribution in [0.15, 0.2) is 0 Å². The van der Waals surface area contributed by atoms with Gasteiger partial charge in [0, 0.05) is 0 Å². The van der Waals surface area contributed by atoms with Gasteiger partial charge in [-0.15, -0.1) is 0 Å². The van der Waals surface area contributed by atoms with Crippen molar-refractivity contribution in [3.05, 3.63) is 0 Å². The van der Waals surface area contributed by atoms with Gasteiger partial charge in [-0.3, -0.25) is 0 Å². The Hall–Kier alpha value is 0.695. The van der Waals surface area contributed by atoms with Crippen molar-refractivity contribution in [1.82, 2.24) is 0 Å². The molecular formula is C17H27ClHgO2. The summed E-state index contributed by atoms with van der Waals surface area (Å²) in [7, 11) is 6.48. The summed E-state index contributed by atoms with van der Waals surface area (Å²) < 4.78 is 6.70. The number of hydrogen-bond acceptors (Lipinski definition) is 2. The predicted octanol–water partition coefficient (Wildman–Crippen LogP) is 4.96. The molecule has 3 aliphatic rings. The van der Waals surface area contributed by atoms with Gasteiger partial charge in [0.05, 0.1) is 0 Å². The van der Waals surface area contributed by atoms with Crippen molar-refractivity contribution in [3.8, 4) is 0 Å². The van der Waals surface area contributed by atoms with Crippen LogP contribution in [-0.2, 0) is 32.9 Å². The Bertz CT molecular complexity index is 452.